The smallest absolute Gasteiger partial charge is 0.168 e. The number of carbonyl (C=O) groups excluding carboxylic acids is 1. The molecule has 3 aliphatic rings. The van der Waals surface area contributed by atoms with E-state index in [1.54, 1.807) is 19.5 Å². The van der Waals surface area contributed by atoms with E-state index in [1.165, 1.54) is 0 Å². The zero-order valence-electron chi connectivity index (χ0n) is 11.7. The van der Waals surface area contributed by atoms with Gasteiger partial charge in [0.15, 0.2) is 5.78 Å². The maximum absolute atomic E-state index is 13.1. The van der Waals surface area contributed by atoms with E-state index in [0.717, 1.165) is 31.5 Å². The predicted octanol–water partition coefficient (Wildman–Crippen LogP) is 0.375. The first kappa shape index (κ1) is 13.7. The quantitative estimate of drug-likeness (QED) is 0.861. The lowest BCUT2D eigenvalue weighted by molar-refractivity contribution is -0.162. The molecular weight excluding hydrogens is 256 g/mol. The van der Waals surface area contributed by atoms with Gasteiger partial charge in [-0.25, -0.2) is 0 Å². The van der Waals surface area contributed by atoms with Gasteiger partial charge in [0.05, 0.1) is 18.6 Å². The second kappa shape index (κ2) is 4.91. The number of Topliss-reactive ketones (excluding diaryl/α,β-unsaturated/α-hetero) is 1. The standard InChI is InChI=1S/C15H20N2O3/c1-20-11-15(10-18)13(19)14(4-7-17(15)8-5-14)12-3-2-6-16-9-12/h2-3,6,9,18H,4-5,7-8,10-11H2,1H3/t15-/m1/s1. The van der Waals surface area contributed by atoms with Gasteiger partial charge in [0.2, 0.25) is 0 Å². The van der Waals surface area contributed by atoms with Gasteiger partial charge in [-0.05, 0) is 24.5 Å². The largest absolute Gasteiger partial charge is 0.394 e. The van der Waals surface area contributed by atoms with Gasteiger partial charge in [0.1, 0.15) is 5.54 Å². The second-order valence-electron chi connectivity index (χ2n) is 5.76. The number of aliphatic hydroxyl groups excluding tert-OH is 1. The van der Waals surface area contributed by atoms with Crippen molar-refractivity contribution in [1.29, 1.82) is 0 Å². The molecular formula is C15H20N2O3. The van der Waals surface area contributed by atoms with Gasteiger partial charge >= 0.3 is 0 Å². The first-order valence-electron chi connectivity index (χ1n) is 7.00. The topological polar surface area (TPSA) is 62.7 Å². The van der Waals surface area contributed by atoms with Gasteiger partial charge in [-0.2, -0.15) is 0 Å². The summed E-state index contributed by atoms with van der Waals surface area (Å²) >= 11 is 0. The van der Waals surface area contributed by atoms with Crippen LogP contribution < -0.4 is 0 Å². The number of carbonyl (C=O) groups is 1. The maximum Gasteiger partial charge on any atom is 0.168 e. The van der Waals surface area contributed by atoms with Crippen LogP contribution in [0.4, 0.5) is 0 Å². The normalized spacial score (nSPS) is 36.3. The molecule has 4 heterocycles. The molecule has 108 valence electrons. The highest BCUT2D eigenvalue weighted by Crippen LogP contribution is 2.46. The Hall–Kier alpha value is -1.30. The van der Waals surface area contributed by atoms with Crippen molar-refractivity contribution >= 4 is 5.78 Å². The average Bonchev–Trinajstić information content (AvgIpc) is 2.52. The molecule has 1 aromatic rings. The first-order chi connectivity index (χ1) is 9.69. The number of ether oxygens (including phenoxy) is 1. The molecule has 1 N–H and O–H groups in total. The molecule has 1 atom stereocenters. The number of piperidine rings is 3. The Balaban J connectivity index is 2.07. The van der Waals surface area contributed by atoms with E-state index in [2.05, 4.69) is 9.88 Å². The summed E-state index contributed by atoms with van der Waals surface area (Å²) in [6, 6.07) is 3.84. The van der Waals surface area contributed by atoms with E-state index in [0.29, 0.717) is 0 Å². The molecule has 4 rings (SSSR count). The van der Waals surface area contributed by atoms with Gasteiger partial charge < -0.3 is 9.84 Å². The number of ketones is 1. The molecule has 0 unspecified atom stereocenters. The van der Waals surface area contributed by atoms with Crippen LogP contribution in [0.3, 0.4) is 0 Å². The third-order valence-corrected chi connectivity index (χ3v) is 4.94. The minimum atomic E-state index is -0.888. The summed E-state index contributed by atoms with van der Waals surface area (Å²) in [5, 5.41) is 9.87. The highest BCUT2D eigenvalue weighted by molar-refractivity contribution is 5.99. The number of pyridine rings is 1. The molecule has 0 aliphatic carbocycles. The minimum Gasteiger partial charge on any atom is -0.394 e. The first-order valence-corrected chi connectivity index (χ1v) is 7.00. The third kappa shape index (κ3) is 1.67. The number of aliphatic hydroxyl groups is 1. The molecule has 20 heavy (non-hydrogen) atoms. The zero-order chi connectivity index (χ0) is 14.2. The van der Waals surface area contributed by atoms with E-state index in [-0.39, 0.29) is 19.0 Å². The van der Waals surface area contributed by atoms with E-state index in [4.69, 9.17) is 4.74 Å². The number of aromatic nitrogens is 1. The summed E-state index contributed by atoms with van der Waals surface area (Å²) in [4.78, 5) is 19.4. The Morgan fingerprint density at radius 2 is 2.20 bits per heavy atom. The van der Waals surface area contributed by atoms with E-state index in [9.17, 15) is 9.90 Å². The Morgan fingerprint density at radius 1 is 1.45 bits per heavy atom. The van der Waals surface area contributed by atoms with Crippen molar-refractivity contribution in [2.45, 2.75) is 23.8 Å². The molecule has 5 nitrogen and oxygen atoms in total. The van der Waals surface area contributed by atoms with Crippen molar-refractivity contribution < 1.29 is 14.6 Å². The van der Waals surface area contributed by atoms with E-state index >= 15 is 0 Å². The summed E-state index contributed by atoms with van der Waals surface area (Å²) in [5.74, 6) is 0.0832. The van der Waals surface area contributed by atoms with Gasteiger partial charge in [-0.3, -0.25) is 14.7 Å². The van der Waals surface area contributed by atoms with Crippen LogP contribution in [0.1, 0.15) is 18.4 Å². The Kier molecular flexibility index (Phi) is 3.36. The van der Waals surface area contributed by atoms with Crippen LogP contribution in [0.5, 0.6) is 0 Å². The highest BCUT2D eigenvalue weighted by Gasteiger charge is 2.60. The summed E-state index contributed by atoms with van der Waals surface area (Å²) in [7, 11) is 1.57. The third-order valence-electron chi connectivity index (χ3n) is 4.94. The molecule has 0 radical (unpaired) electrons. The SMILES string of the molecule is COC[C@]1(CO)C(=O)C2(c3cccnc3)CCN1CC2. The Labute approximate surface area is 118 Å². The number of methoxy groups -OCH3 is 1. The van der Waals surface area contributed by atoms with Gasteiger partial charge in [-0.15, -0.1) is 0 Å². The van der Waals surface area contributed by atoms with Crippen molar-refractivity contribution in [1.82, 2.24) is 9.88 Å². The van der Waals surface area contributed by atoms with Crippen LogP contribution in [-0.4, -0.2) is 59.7 Å². The maximum atomic E-state index is 13.1. The van der Waals surface area contributed by atoms with Gasteiger partial charge in [-0.1, -0.05) is 6.07 Å². The fraction of sp³-hybridized carbons (Fsp3) is 0.600. The van der Waals surface area contributed by atoms with Crippen LogP contribution in [0.25, 0.3) is 0 Å². The molecule has 0 amide bonds. The van der Waals surface area contributed by atoms with Crippen molar-refractivity contribution in [2.75, 3.05) is 33.4 Å². The lowest BCUT2D eigenvalue weighted by atomic mass is 9.60. The Morgan fingerprint density at radius 3 is 2.75 bits per heavy atom. The molecule has 0 aromatic carbocycles. The van der Waals surface area contributed by atoms with E-state index < -0.39 is 11.0 Å². The molecule has 3 saturated heterocycles. The predicted molar refractivity (Wildman–Crippen MR) is 73.4 cm³/mol. The number of rotatable bonds is 4. The molecule has 0 spiro atoms. The molecule has 5 heteroatoms. The number of fused-ring (bicyclic) bond motifs is 3. The lowest BCUT2D eigenvalue weighted by Crippen LogP contribution is -2.73. The van der Waals surface area contributed by atoms with Crippen LogP contribution in [0, 0.1) is 0 Å². The number of hydrogen-bond acceptors (Lipinski definition) is 5. The summed E-state index contributed by atoms with van der Waals surface area (Å²) in [5.41, 5.74) is -0.427. The van der Waals surface area contributed by atoms with Gasteiger partial charge in [0.25, 0.3) is 0 Å². The molecule has 2 bridgehead atoms. The van der Waals surface area contributed by atoms with Crippen LogP contribution in [-0.2, 0) is 14.9 Å². The van der Waals surface area contributed by atoms with Crippen LogP contribution in [0.2, 0.25) is 0 Å². The molecule has 3 fully saturated rings. The lowest BCUT2D eigenvalue weighted by Gasteiger charge is -2.57. The summed E-state index contributed by atoms with van der Waals surface area (Å²) in [6.07, 6.45) is 5.09. The van der Waals surface area contributed by atoms with Crippen molar-refractivity contribution in [3.63, 3.8) is 0 Å². The Bertz CT molecular complexity index is 497. The molecule has 0 saturated carbocycles. The second-order valence-corrected chi connectivity index (χ2v) is 5.76. The zero-order valence-corrected chi connectivity index (χ0v) is 11.7. The van der Waals surface area contributed by atoms with Gasteiger partial charge in [0, 0.05) is 32.6 Å². The fourth-order valence-electron chi connectivity index (χ4n) is 3.81. The number of hydrogen-bond donors (Lipinski definition) is 1. The molecule has 3 aliphatic heterocycles. The monoisotopic (exact) mass is 276 g/mol. The fourth-order valence-corrected chi connectivity index (χ4v) is 3.81. The van der Waals surface area contributed by atoms with Crippen molar-refractivity contribution in [3.8, 4) is 0 Å². The van der Waals surface area contributed by atoms with Crippen LogP contribution in [0.15, 0.2) is 24.5 Å². The highest BCUT2D eigenvalue weighted by atomic mass is 16.5. The summed E-state index contributed by atoms with van der Waals surface area (Å²) < 4.78 is 5.24. The average molecular weight is 276 g/mol. The van der Waals surface area contributed by atoms with Crippen molar-refractivity contribution in [3.05, 3.63) is 30.1 Å². The van der Waals surface area contributed by atoms with Crippen molar-refractivity contribution in [2.24, 2.45) is 0 Å². The van der Waals surface area contributed by atoms with E-state index in [1.807, 2.05) is 12.1 Å². The summed E-state index contributed by atoms with van der Waals surface area (Å²) in [6.45, 7) is 1.67. The van der Waals surface area contributed by atoms with Crippen LogP contribution >= 0.6 is 0 Å². The minimum absolute atomic E-state index is 0.0832. The molecule has 1 aromatic heterocycles. The number of nitrogens with zero attached hydrogens (tertiary/aromatic N) is 2.